The molecule has 18 heavy (non-hydrogen) atoms. The molecule has 0 aromatic carbocycles. The van der Waals surface area contributed by atoms with Crippen LogP contribution in [0.2, 0.25) is 6.04 Å². The summed E-state index contributed by atoms with van der Waals surface area (Å²) in [4.78, 5) is 2.00. The van der Waals surface area contributed by atoms with Gasteiger partial charge in [-0.05, 0) is 41.3 Å². The smallest absolute Gasteiger partial charge is 0.374 e. The Hall–Kier alpha value is 0.0169. The molecule has 0 aliphatic carbocycles. The maximum absolute atomic E-state index is 5.77. The van der Waals surface area contributed by atoms with Crippen molar-refractivity contribution < 1.29 is 18.0 Å². The molecule has 0 saturated carbocycles. The molecule has 0 unspecified atom stereocenters. The molecule has 0 saturated heterocycles. The average molecular weight is 279 g/mol. The van der Waals surface area contributed by atoms with Gasteiger partial charge in [0, 0.05) is 32.5 Å². The van der Waals surface area contributed by atoms with Gasteiger partial charge in [0.1, 0.15) is 0 Å². The SMILES string of the molecule is CCO[Si](CCCOCN(C)C)(OCC)OCC. The molecule has 0 fully saturated rings. The Morgan fingerprint density at radius 1 is 0.889 bits per heavy atom. The van der Waals surface area contributed by atoms with Crippen molar-refractivity contribution in [3.8, 4) is 0 Å². The minimum Gasteiger partial charge on any atom is -0.374 e. The largest absolute Gasteiger partial charge is 0.501 e. The van der Waals surface area contributed by atoms with E-state index in [0.29, 0.717) is 33.2 Å². The van der Waals surface area contributed by atoms with E-state index in [4.69, 9.17) is 18.0 Å². The molecule has 0 bridgehead atoms. The fourth-order valence-corrected chi connectivity index (χ4v) is 4.22. The predicted molar refractivity (Wildman–Crippen MR) is 74.6 cm³/mol. The lowest BCUT2D eigenvalue weighted by atomic mass is 10.5. The molecule has 0 radical (unpaired) electrons. The Bertz CT molecular complexity index is 176. The molecule has 0 N–H and O–H groups in total. The highest BCUT2D eigenvalue weighted by molar-refractivity contribution is 6.60. The van der Waals surface area contributed by atoms with Crippen molar-refractivity contribution in [2.24, 2.45) is 0 Å². The highest BCUT2D eigenvalue weighted by atomic mass is 28.4. The molecular weight excluding hydrogens is 250 g/mol. The zero-order valence-electron chi connectivity index (χ0n) is 12.5. The number of rotatable bonds is 12. The van der Waals surface area contributed by atoms with Crippen LogP contribution in [0.15, 0.2) is 0 Å². The van der Waals surface area contributed by atoms with Crippen molar-refractivity contribution in [3.05, 3.63) is 0 Å². The van der Waals surface area contributed by atoms with Crippen LogP contribution in [0.4, 0.5) is 0 Å². The zero-order chi connectivity index (χ0) is 13.9. The van der Waals surface area contributed by atoms with Crippen LogP contribution in [-0.2, 0) is 18.0 Å². The van der Waals surface area contributed by atoms with Crippen LogP contribution in [-0.4, -0.2) is 61.0 Å². The number of nitrogens with zero attached hydrogens (tertiary/aromatic N) is 1. The van der Waals surface area contributed by atoms with Crippen molar-refractivity contribution in [3.63, 3.8) is 0 Å². The number of hydrogen-bond acceptors (Lipinski definition) is 5. The van der Waals surface area contributed by atoms with Crippen LogP contribution in [0.3, 0.4) is 0 Å². The van der Waals surface area contributed by atoms with Gasteiger partial charge >= 0.3 is 8.80 Å². The van der Waals surface area contributed by atoms with Gasteiger partial charge in [0.2, 0.25) is 0 Å². The van der Waals surface area contributed by atoms with Crippen LogP contribution in [0, 0.1) is 0 Å². The third kappa shape index (κ3) is 8.18. The van der Waals surface area contributed by atoms with Gasteiger partial charge in [0.05, 0.1) is 6.73 Å². The van der Waals surface area contributed by atoms with Crippen molar-refractivity contribution >= 4 is 8.80 Å². The fourth-order valence-electron chi connectivity index (χ4n) is 1.64. The summed E-state index contributed by atoms with van der Waals surface area (Å²) in [5.74, 6) is 0. The molecule has 0 heterocycles. The van der Waals surface area contributed by atoms with E-state index in [1.807, 2.05) is 39.8 Å². The average Bonchev–Trinajstić information content (AvgIpc) is 2.29. The predicted octanol–water partition coefficient (Wildman–Crippen LogP) is 1.96. The van der Waals surface area contributed by atoms with E-state index in [1.54, 1.807) is 0 Å². The highest BCUT2D eigenvalue weighted by Gasteiger charge is 2.39. The first-order chi connectivity index (χ1) is 8.60. The van der Waals surface area contributed by atoms with Gasteiger partial charge in [0.15, 0.2) is 0 Å². The minimum absolute atomic E-state index is 0.630. The van der Waals surface area contributed by atoms with Gasteiger partial charge < -0.3 is 18.0 Å². The quantitative estimate of drug-likeness (QED) is 0.310. The van der Waals surface area contributed by atoms with E-state index >= 15 is 0 Å². The van der Waals surface area contributed by atoms with E-state index in [2.05, 4.69) is 0 Å². The van der Waals surface area contributed by atoms with Crippen LogP contribution in [0.25, 0.3) is 0 Å². The summed E-state index contributed by atoms with van der Waals surface area (Å²) in [6.45, 7) is 9.17. The summed E-state index contributed by atoms with van der Waals surface area (Å²) in [6, 6.07) is 0.815. The highest BCUT2D eigenvalue weighted by Crippen LogP contribution is 2.18. The molecular formula is C12H29NO4Si. The lowest BCUT2D eigenvalue weighted by Gasteiger charge is -2.28. The lowest BCUT2D eigenvalue weighted by molar-refractivity contribution is 0.0460. The first-order valence-electron chi connectivity index (χ1n) is 6.74. The van der Waals surface area contributed by atoms with Crippen LogP contribution in [0.1, 0.15) is 27.2 Å². The Morgan fingerprint density at radius 2 is 1.39 bits per heavy atom. The summed E-state index contributed by atoms with van der Waals surface area (Å²) in [7, 11) is 1.51. The van der Waals surface area contributed by atoms with Gasteiger partial charge in [-0.15, -0.1) is 0 Å². The third-order valence-electron chi connectivity index (χ3n) is 2.21. The van der Waals surface area contributed by atoms with Crippen molar-refractivity contribution in [2.75, 3.05) is 47.3 Å². The molecule has 0 atom stereocenters. The first-order valence-corrected chi connectivity index (χ1v) is 8.67. The molecule has 6 heteroatoms. The maximum atomic E-state index is 5.77. The lowest BCUT2D eigenvalue weighted by Crippen LogP contribution is -2.46. The summed E-state index contributed by atoms with van der Waals surface area (Å²) in [5.41, 5.74) is 0. The molecule has 0 rings (SSSR count). The van der Waals surface area contributed by atoms with Crippen LogP contribution in [0.5, 0.6) is 0 Å². The summed E-state index contributed by atoms with van der Waals surface area (Å²) in [6.07, 6.45) is 0.903. The van der Waals surface area contributed by atoms with Gasteiger partial charge in [-0.25, -0.2) is 0 Å². The second-order valence-electron chi connectivity index (χ2n) is 4.20. The standard InChI is InChI=1S/C12H29NO4Si/c1-6-15-18(16-7-2,17-8-3)11-9-10-14-12-13(4)5/h6-12H2,1-5H3. The molecule has 0 spiro atoms. The molecule has 5 nitrogen and oxygen atoms in total. The molecule has 0 aromatic heterocycles. The van der Waals surface area contributed by atoms with E-state index in [0.717, 1.165) is 12.5 Å². The van der Waals surface area contributed by atoms with Crippen LogP contribution >= 0.6 is 0 Å². The molecule has 0 aliphatic heterocycles. The fraction of sp³-hybridized carbons (Fsp3) is 1.00. The molecule has 0 aromatic rings. The minimum atomic E-state index is -2.47. The maximum Gasteiger partial charge on any atom is 0.501 e. The normalized spacial score (nSPS) is 12.3. The van der Waals surface area contributed by atoms with Gasteiger partial charge in [-0.3, -0.25) is 4.90 Å². The van der Waals surface area contributed by atoms with E-state index in [-0.39, 0.29) is 0 Å². The monoisotopic (exact) mass is 279 g/mol. The Labute approximate surface area is 113 Å². The second kappa shape index (κ2) is 10.9. The van der Waals surface area contributed by atoms with E-state index in [9.17, 15) is 0 Å². The third-order valence-corrected chi connectivity index (χ3v) is 5.37. The first kappa shape index (κ1) is 18.0. The second-order valence-corrected chi connectivity index (χ2v) is 6.93. The van der Waals surface area contributed by atoms with Crippen molar-refractivity contribution in [2.45, 2.75) is 33.2 Å². The molecule has 0 aliphatic rings. The zero-order valence-corrected chi connectivity index (χ0v) is 13.5. The van der Waals surface area contributed by atoms with E-state index in [1.165, 1.54) is 0 Å². The summed E-state index contributed by atoms with van der Waals surface area (Å²) >= 11 is 0. The molecule has 0 amide bonds. The van der Waals surface area contributed by atoms with Crippen molar-refractivity contribution in [1.82, 2.24) is 4.90 Å². The Kier molecular flexibility index (Phi) is 10.9. The summed E-state index contributed by atoms with van der Waals surface area (Å²) in [5, 5.41) is 0. The van der Waals surface area contributed by atoms with Gasteiger partial charge in [-0.1, -0.05) is 0 Å². The van der Waals surface area contributed by atoms with Gasteiger partial charge in [0.25, 0.3) is 0 Å². The number of hydrogen-bond donors (Lipinski definition) is 0. The van der Waals surface area contributed by atoms with E-state index < -0.39 is 8.80 Å². The summed E-state index contributed by atoms with van der Waals surface area (Å²) < 4.78 is 22.8. The topological polar surface area (TPSA) is 40.2 Å². The Balaban J connectivity index is 4.04. The number of ether oxygens (including phenoxy) is 1. The van der Waals surface area contributed by atoms with Gasteiger partial charge in [-0.2, -0.15) is 0 Å². The Morgan fingerprint density at radius 3 is 1.78 bits per heavy atom. The molecule has 110 valence electrons. The van der Waals surface area contributed by atoms with Crippen molar-refractivity contribution in [1.29, 1.82) is 0 Å². The van der Waals surface area contributed by atoms with Crippen LogP contribution < -0.4 is 0 Å².